The van der Waals surface area contributed by atoms with Crippen LogP contribution < -0.4 is 10.1 Å². The molecule has 0 radical (unpaired) electrons. The highest BCUT2D eigenvalue weighted by Gasteiger charge is 2.32. The van der Waals surface area contributed by atoms with Crippen molar-refractivity contribution in [3.63, 3.8) is 0 Å². The third kappa shape index (κ3) is 5.94. The molecule has 1 aromatic carbocycles. The number of nitrogens with one attached hydrogen (secondary N) is 1. The first-order chi connectivity index (χ1) is 15.3. The Bertz CT molecular complexity index is 1180. The molecule has 1 N–H and O–H groups in total. The summed E-state index contributed by atoms with van der Waals surface area (Å²) in [6, 6.07) is 9.92. The largest absolute Gasteiger partial charge is 0.455 e. The zero-order valence-corrected chi connectivity index (χ0v) is 18.4. The number of pyridine rings is 2. The molecule has 0 fully saturated rings. The van der Waals surface area contributed by atoms with Crippen LogP contribution in [0.3, 0.4) is 0 Å². The fraction of sp³-hybridized carbons (Fsp3) is 0.250. The van der Waals surface area contributed by atoms with Crippen LogP contribution in [0.5, 0.6) is 11.5 Å². The molecule has 2 aromatic heterocycles. The van der Waals surface area contributed by atoms with E-state index in [4.69, 9.17) is 4.74 Å². The van der Waals surface area contributed by atoms with Crippen LogP contribution >= 0.6 is 0 Å². The second-order valence-corrected chi connectivity index (χ2v) is 8.38. The number of Topliss-reactive ketones (excluding diaryl/α,β-unsaturated/α-hetero) is 1. The number of nitrogens with zero attached hydrogens (tertiary/aromatic N) is 2. The Morgan fingerprint density at radius 1 is 0.970 bits per heavy atom. The third-order valence-electron chi connectivity index (χ3n) is 4.75. The molecule has 0 saturated carbocycles. The van der Waals surface area contributed by atoms with Gasteiger partial charge in [0.25, 0.3) is 5.91 Å². The summed E-state index contributed by atoms with van der Waals surface area (Å²) in [5, 5.41) is 2.62. The Hall–Kier alpha value is -3.75. The standard InChI is InChI=1S/C24H22F3N3O3/c1-14(31)15-9-10-28-21(11-15)30-22(32)18-7-5-16(23(2,3)4)12-19(18)33-17-6-8-20(29-13-17)24(25,26)27/h5-13H,1-4H3,(H,28,30,32). The average Bonchev–Trinajstić information content (AvgIpc) is 2.73. The van der Waals surface area contributed by atoms with Crippen LogP contribution in [0.1, 0.15) is 59.7 Å². The van der Waals surface area contributed by atoms with E-state index in [1.165, 1.54) is 25.3 Å². The number of carbonyl (C=O) groups excluding carboxylic acids is 2. The lowest BCUT2D eigenvalue weighted by molar-refractivity contribution is -0.141. The zero-order chi connectivity index (χ0) is 24.4. The van der Waals surface area contributed by atoms with Crippen molar-refractivity contribution < 1.29 is 27.5 Å². The minimum atomic E-state index is -4.57. The normalized spacial score (nSPS) is 11.7. The van der Waals surface area contributed by atoms with Crippen LogP contribution in [0.2, 0.25) is 0 Å². The summed E-state index contributed by atoms with van der Waals surface area (Å²) in [5.41, 5.74) is 0.0509. The molecule has 0 spiro atoms. The van der Waals surface area contributed by atoms with E-state index in [-0.39, 0.29) is 34.1 Å². The van der Waals surface area contributed by atoms with Crippen LogP contribution in [0.15, 0.2) is 54.9 Å². The van der Waals surface area contributed by atoms with Gasteiger partial charge in [-0.15, -0.1) is 0 Å². The summed E-state index contributed by atoms with van der Waals surface area (Å²) in [5.74, 6) is -0.376. The van der Waals surface area contributed by atoms with Crippen LogP contribution in [-0.2, 0) is 11.6 Å². The molecule has 0 atom stereocenters. The van der Waals surface area contributed by atoms with Crippen molar-refractivity contribution in [1.82, 2.24) is 9.97 Å². The number of rotatable bonds is 5. The Labute approximate surface area is 188 Å². The minimum Gasteiger partial charge on any atom is -0.455 e. The van der Waals surface area contributed by atoms with Crippen LogP contribution in [0, 0.1) is 0 Å². The summed E-state index contributed by atoms with van der Waals surface area (Å²) in [7, 11) is 0. The van der Waals surface area contributed by atoms with Crippen LogP contribution in [-0.4, -0.2) is 21.7 Å². The number of halogens is 3. The van der Waals surface area contributed by atoms with Crippen molar-refractivity contribution in [2.24, 2.45) is 0 Å². The molecule has 0 aliphatic heterocycles. The first-order valence-electron chi connectivity index (χ1n) is 9.98. The fourth-order valence-corrected chi connectivity index (χ4v) is 2.90. The topological polar surface area (TPSA) is 81.2 Å². The number of benzene rings is 1. The van der Waals surface area contributed by atoms with Crippen LogP contribution in [0.25, 0.3) is 0 Å². The predicted octanol–water partition coefficient (Wildman–Crippen LogP) is 6.04. The van der Waals surface area contributed by atoms with Gasteiger partial charge in [0.1, 0.15) is 23.0 Å². The molecule has 0 saturated heterocycles. The number of hydrogen-bond acceptors (Lipinski definition) is 5. The lowest BCUT2D eigenvalue weighted by Gasteiger charge is -2.21. The molecule has 33 heavy (non-hydrogen) atoms. The quantitative estimate of drug-likeness (QED) is 0.473. The summed E-state index contributed by atoms with van der Waals surface area (Å²) in [6.07, 6.45) is -2.22. The van der Waals surface area contributed by atoms with Crippen molar-refractivity contribution in [2.45, 2.75) is 39.3 Å². The van der Waals surface area contributed by atoms with Gasteiger partial charge in [-0.05, 0) is 54.3 Å². The summed E-state index contributed by atoms with van der Waals surface area (Å²) < 4.78 is 44.2. The van der Waals surface area contributed by atoms with Gasteiger partial charge in [0.05, 0.1) is 11.8 Å². The van der Waals surface area contributed by atoms with Gasteiger partial charge in [0.2, 0.25) is 0 Å². The maximum Gasteiger partial charge on any atom is 0.433 e. The Balaban J connectivity index is 1.95. The lowest BCUT2D eigenvalue weighted by atomic mass is 9.86. The van der Waals surface area contributed by atoms with Crippen molar-refractivity contribution in [3.8, 4) is 11.5 Å². The van der Waals surface area contributed by atoms with Gasteiger partial charge in [-0.1, -0.05) is 26.8 Å². The van der Waals surface area contributed by atoms with E-state index in [1.807, 2.05) is 20.8 Å². The van der Waals surface area contributed by atoms with E-state index < -0.39 is 17.8 Å². The first-order valence-corrected chi connectivity index (χ1v) is 9.98. The smallest absolute Gasteiger partial charge is 0.433 e. The third-order valence-corrected chi connectivity index (χ3v) is 4.75. The maximum atomic E-state index is 13.0. The minimum absolute atomic E-state index is 0.0415. The predicted molar refractivity (Wildman–Crippen MR) is 117 cm³/mol. The highest BCUT2D eigenvalue weighted by Crippen LogP contribution is 2.33. The van der Waals surface area contributed by atoms with E-state index >= 15 is 0 Å². The number of ketones is 1. The van der Waals surface area contributed by atoms with Crippen molar-refractivity contribution >= 4 is 17.5 Å². The highest BCUT2D eigenvalue weighted by atomic mass is 19.4. The average molecular weight is 457 g/mol. The zero-order valence-electron chi connectivity index (χ0n) is 18.4. The number of anilines is 1. The first kappa shape index (κ1) is 23.9. The lowest BCUT2D eigenvalue weighted by Crippen LogP contribution is -2.16. The number of hydrogen-bond donors (Lipinski definition) is 1. The van der Waals surface area contributed by atoms with Gasteiger partial charge >= 0.3 is 6.18 Å². The van der Waals surface area contributed by atoms with Gasteiger partial charge in [-0.25, -0.2) is 9.97 Å². The molecule has 0 bridgehead atoms. The Kier molecular flexibility index (Phi) is 6.53. The molecule has 0 aliphatic rings. The maximum absolute atomic E-state index is 13.0. The number of ether oxygens (including phenoxy) is 1. The fourth-order valence-electron chi connectivity index (χ4n) is 2.90. The molecule has 172 valence electrons. The van der Waals surface area contributed by atoms with E-state index in [0.29, 0.717) is 5.56 Å². The number of carbonyl (C=O) groups is 2. The molecular weight excluding hydrogens is 435 g/mol. The van der Waals surface area contributed by atoms with E-state index in [9.17, 15) is 22.8 Å². The number of alkyl halides is 3. The van der Waals surface area contributed by atoms with Crippen molar-refractivity contribution in [3.05, 3.63) is 77.2 Å². The molecule has 6 nitrogen and oxygen atoms in total. The van der Waals surface area contributed by atoms with Crippen LogP contribution in [0.4, 0.5) is 19.0 Å². The molecule has 2 heterocycles. The van der Waals surface area contributed by atoms with E-state index in [2.05, 4.69) is 15.3 Å². The summed E-state index contributed by atoms with van der Waals surface area (Å²) >= 11 is 0. The highest BCUT2D eigenvalue weighted by molar-refractivity contribution is 6.06. The monoisotopic (exact) mass is 457 g/mol. The molecule has 3 rings (SSSR count). The second kappa shape index (κ2) is 9.01. The molecular formula is C24H22F3N3O3. The Morgan fingerprint density at radius 3 is 2.27 bits per heavy atom. The number of amides is 1. The van der Waals surface area contributed by atoms with E-state index in [0.717, 1.165) is 23.9 Å². The molecule has 1 amide bonds. The van der Waals surface area contributed by atoms with Gasteiger partial charge in [-0.3, -0.25) is 9.59 Å². The molecule has 9 heteroatoms. The number of aromatic nitrogens is 2. The molecule has 3 aromatic rings. The molecule has 0 aliphatic carbocycles. The van der Waals surface area contributed by atoms with Crippen molar-refractivity contribution in [2.75, 3.05) is 5.32 Å². The SMILES string of the molecule is CC(=O)c1ccnc(NC(=O)c2ccc(C(C)(C)C)cc2Oc2ccc(C(F)(F)F)nc2)c1. The summed E-state index contributed by atoms with van der Waals surface area (Å²) in [6.45, 7) is 7.32. The van der Waals surface area contributed by atoms with E-state index in [1.54, 1.807) is 18.2 Å². The molecule has 0 unspecified atom stereocenters. The second-order valence-electron chi connectivity index (χ2n) is 8.38. The van der Waals surface area contributed by atoms with Gasteiger partial charge in [0, 0.05) is 11.8 Å². The Morgan fingerprint density at radius 2 is 1.70 bits per heavy atom. The van der Waals surface area contributed by atoms with Crippen molar-refractivity contribution in [1.29, 1.82) is 0 Å². The van der Waals surface area contributed by atoms with Gasteiger partial charge in [0.15, 0.2) is 5.78 Å². The van der Waals surface area contributed by atoms with Gasteiger partial charge < -0.3 is 10.1 Å². The van der Waals surface area contributed by atoms with Gasteiger partial charge in [-0.2, -0.15) is 13.2 Å². The summed E-state index contributed by atoms with van der Waals surface area (Å²) in [4.78, 5) is 32.0.